The van der Waals surface area contributed by atoms with Gasteiger partial charge in [0.1, 0.15) is 5.69 Å². The number of alkyl halides is 3. The van der Waals surface area contributed by atoms with E-state index in [2.05, 4.69) is 20.3 Å². The normalized spacial score (nSPS) is 22.4. The molecule has 2 aromatic rings. The molecule has 2 aliphatic rings. The Morgan fingerprint density at radius 1 is 1.11 bits per heavy atom. The fourth-order valence-corrected chi connectivity index (χ4v) is 6.80. The van der Waals surface area contributed by atoms with Gasteiger partial charge in [0.25, 0.3) is 10.1 Å². The van der Waals surface area contributed by atoms with Crippen LogP contribution in [0.5, 0.6) is 0 Å². The fraction of sp³-hybridized carbons (Fsp3) is 0.632. The van der Waals surface area contributed by atoms with Crippen LogP contribution in [0, 0.1) is 5.82 Å². The Balaban J connectivity index is 1.55. The molecule has 36 heavy (non-hydrogen) atoms. The van der Waals surface area contributed by atoms with Crippen molar-refractivity contribution in [1.82, 2.24) is 19.3 Å². The Morgan fingerprint density at radius 2 is 1.75 bits per heavy atom. The highest BCUT2D eigenvalue weighted by Gasteiger charge is 2.42. The molecule has 10 nitrogen and oxygen atoms in total. The summed E-state index contributed by atoms with van der Waals surface area (Å²) in [6.07, 6.45) is -1.57. The molecule has 200 valence electrons. The minimum Gasteiger partial charge on any atom is -0.351 e. The van der Waals surface area contributed by atoms with Crippen LogP contribution in [0.2, 0.25) is 0 Å². The third-order valence-electron chi connectivity index (χ3n) is 5.88. The van der Waals surface area contributed by atoms with Gasteiger partial charge in [-0.3, -0.25) is 4.18 Å². The molecule has 1 saturated heterocycles. The summed E-state index contributed by atoms with van der Waals surface area (Å²) in [6.45, 7) is 0.513. The average molecular weight is 574 g/mol. The van der Waals surface area contributed by atoms with E-state index in [-0.39, 0.29) is 42.9 Å². The summed E-state index contributed by atoms with van der Waals surface area (Å²) < 4.78 is 108. The molecule has 2 fully saturated rings. The Bertz CT molecular complexity index is 1340. The van der Waals surface area contributed by atoms with Gasteiger partial charge in [-0.25, -0.2) is 32.1 Å². The molecular weight excluding hydrogens is 550 g/mol. The first-order chi connectivity index (χ1) is 16.6. The van der Waals surface area contributed by atoms with Crippen molar-refractivity contribution in [2.24, 2.45) is 0 Å². The number of aromatic nitrogens is 3. The molecule has 0 amide bonds. The number of hydrogen-bond acceptors (Lipinski definition) is 10. The molecule has 3 heterocycles. The van der Waals surface area contributed by atoms with Gasteiger partial charge in [-0.05, 0) is 25.7 Å². The lowest BCUT2D eigenvalue weighted by molar-refractivity contribution is -0.140. The standard InChI is InChI=1S/C19H23F4N5O5S3/c1-35(29,30)28-5-3-11(4-6-28)25-18-24-9-13(20)14(26-18)15-16(19(21,22)23)27-17(34-15)10-7-12(8-10)33-36(2,31)32/h9-12H,3-8H2,1-2H3,(H,24,25,26). The highest BCUT2D eigenvalue weighted by atomic mass is 32.2. The van der Waals surface area contributed by atoms with Crippen LogP contribution in [0.1, 0.15) is 42.3 Å². The van der Waals surface area contributed by atoms with Crippen LogP contribution in [0.3, 0.4) is 0 Å². The lowest BCUT2D eigenvalue weighted by Gasteiger charge is -2.32. The lowest BCUT2D eigenvalue weighted by Crippen LogP contribution is -2.42. The van der Waals surface area contributed by atoms with Crippen molar-refractivity contribution in [2.75, 3.05) is 30.9 Å². The number of nitrogens with one attached hydrogen (secondary N) is 1. The second kappa shape index (κ2) is 9.74. The predicted molar refractivity (Wildman–Crippen MR) is 123 cm³/mol. The molecule has 0 aromatic carbocycles. The van der Waals surface area contributed by atoms with E-state index in [4.69, 9.17) is 4.18 Å². The molecule has 0 spiro atoms. The van der Waals surface area contributed by atoms with Gasteiger partial charge in [0.05, 0.1) is 34.7 Å². The zero-order chi connectivity index (χ0) is 26.5. The van der Waals surface area contributed by atoms with Crippen molar-refractivity contribution < 1.29 is 38.6 Å². The molecule has 0 unspecified atom stereocenters. The minimum absolute atomic E-state index is 0.0856. The van der Waals surface area contributed by atoms with Crippen molar-refractivity contribution in [2.45, 2.75) is 49.9 Å². The van der Waals surface area contributed by atoms with Gasteiger partial charge >= 0.3 is 6.18 Å². The van der Waals surface area contributed by atoms with E-state index in [1.807, 2.05) is 0 Å². The highest BCUT2D eigenvalue weighted by molar-refractivity contribution is 7.88. The molecule has 17 heteroatoms. The van der Waals surface area contributed by atoms with Gasteiger partial charge < -0.3 is 5.32 Å². The van der Waals surface area contributed by atoms with Gasteiger partial charge in [0.2, 0.25) is 16.0 Å². The van der Waals surface area contributed by atoms with Crippen LogP contribution in [0.15, 0.2) is 6.20 Å². The quantitative estimate of drug-likeness (QED) is 0.392. The number of hydrogen-bond donors (Lipinski definition) is 1. The summed E-state index contributed by atoms with van der Waals surface area (Å²) in [5, 5.41) is 3.04. The van der Waals surface area contributed by atoms with Crippen LogP contribution in [0.25, 0.3) is 10.6 Å². The Labute approximate surface area is 209 Å². The molecular formula is C19H23F4N5O5S3. The second-order valence-corrected chi connectivity index (χ2v) is 13.4. The van der Waals surface area contributed by atoms with Crippen molar-refractivity contribution in [3.05, 3.63) is 22.7 Å². The Kier molecular flexibility index (Phi) is 7.33. The smallest absolute Gasteiger partial charge is 0.351 e. The second-order valence-electron chi connectivity index (χ2n) is 8.79. The van der Waals surface area contributed by atoms with Gasteiger partial charge in [0.15, 0.2) is 11.5 Å². The zero-order valence-electron chi connectivity index (χ0n) is 19.1. The Hall–Kier alpha value is -1.95. The number of halogens is 4. The average Bonchev–Trinajstić information content (AvgIpc) is 3.16. The first-order valence-electron chi connectivity index (χ1n) is 10.8. The molecule has 1 saturated carbocycles. The predicted octanol–water partition coefficient (Wildman–Crippen LogP) is 2.82. The first kappa shape index (κ1) is 27.1. The van der Waals surface area contributed by atoms with Crippen LogP contribution in [-0.4, -0.2) is 73.8 Å². The SMILES string of the molecule is CS(=O)(=O)OC1CC(c2nc(C(F)(F)F)c(-c3nc(NC4CCN(S(C)(=O)=O)CC4)ncc3F)s2)C1. The first-order valence-corrected chi connectivity index (χ1v) is 15.3. The summed E-state index contributed by atoms with van der Waals surface area (Å²) in [7, 11) is -7.02. The van der Waals surface area contributed by atoms with Crippen molar-refractivity contribution in [3.63, 3.8) is 0 Å². The molecule has 1 N–H and O–H groups in total. The largest absolute Gasteiger partial charge is 0.434 e. The van der Waals surface area contributed by atoms with Crippen LogP contribution in [0.4, 0.5) is 23.5 Å². The van der Waals surface area contributed by atoms with E-state index in [1.165, 1.54) is 4.31 Å². The van der Waals surface area contributed by atoms with Crippen LogP contribution in [-0.2, 0) is 30.5 Å². The summed E-state index contributed by atoms with van der Waals surface area (Å²) in [6, 6.07) is -0.248. The van der Waals surface area contributed by atoms with Crippen LogP contribution >= 0.6 is 11.3 Å². The lowest BCUT2D eigenvalue weighted by atomic mass is 9.83. The van der Waals surface area contributed by atoms with E-state index >= 15 is 0 Å². The molecule has 0 radical (unpaired) electrons. The molecule has 1 aliphatic heterocycles. The van der Waals surface area contributed by atoms with E-state index in [0.717, 1.165) is 18.7 Å². The van der Waals surface area contributed by atoms with Crippen LogP contribution < -0.4 is 5.32 Å². The van der Waals surface area contributed by atoms with E-state index in [0.29, 0.717) is 24.2 Å². The zero-order valence-corrected chi connectivity index (χ0v) is 21.6. The number of thiazole rings is 1. The summed E-state index contributed by atoms with van der Waals surface area (Å²) >= 11 is 0.648. The van der Waals surface area contributed by atoms with Gasteiger partial charge in [-0.2, -0.15) is 21.6 Å². The highest BCUT2D eigenvalue weighted by Crippen LogP contribution is 2.47. The van der Waals surface area contributed by atoms with E-state index in [1.54, 1.807) is 0 Å². The van der Waals surface area contributed by atoms with Gasteiger partial charge in [-0.1, -0.05) is 0 Å². The molecule has 4 rings (SSSR count). The summed E-state index contributed by atoms with van der Waals surface area (Å²) in [5.41, 5.74) is -1.83. The number of nitrogens with zero attached hydrogens (tertiary/aromatic N) is 4. The minimum atomic E-state index is -4.88. The maximum atomic E-state index is 14.6. The summed E-state index contributed by atoms with van der Waals surface area (Å²) in [5.74, 6) is -1.60. The van der Waals surface area contributed by atoms with Crippen molar-refractivity contribution in [1.29, 1.82) is 0 Å². The fourth-order valence-electron chi connectivity index (χ4n) is 4.07. The monoisotopic (exact) mass is 573 g/mol. The third kappa shape index (κ3) is 6.30. The van der Waals surface area contributed by atoms with E-state index < -0.39 is 60.4 Å². The number of anilines is 1. The number of rotatable bonds is 7. The number of piperidine rings is 1. The maximum absolute atomic E-state index is 14.6. The molecule has 1 aliphatic carbocycles. The Morgan fingerprint density at radius 3 is 2.31 bits per heavy atom. The summed E-state index contributed by atoms with van der Waals surface area (Å²) in [4.78, 5) is 11.0. The number of sulfonamides is 1. The van der Waals surface area contributed by atoms with Gasteiger partial charge in [0, 0.05) is 25.0 Å². The third-order valence-corrected chi connectivity index (χ3v) is 9.03. The van der Waals surface area contributed by atoms with Gasteiger partial charge in [-0.15, -0.1) is 11.3 Å². The maximum Gasteiger partial charge on any atom is 0.434 e. The van der Waals surface area contributed by atoms with Crippen molar-refractivity contribution in [3.8, 4) is 10.6 Å². The van der Waals surface area contributed by atoms with Crippen molar-refractivity contribution >= 4 is 37.4 Å². The molecule has 0 bridgehead atoms. The van der Waals surface area contributed by atoms with E-state index in [9.17, 15) is 34.4 Å². The molecule has 2 aromatic heterocycles. The molecule has 0 atom stereocenters. The topological polar surface area (TPSA) is 131 Å².